The number of carbonyl (C=O) groups is 10. The van der Waals surface area contributed by atoms with Gasteiger partial charge in [-0.1, -0.05) is 12.1 Å². The van der Waals surface area contributed by atoms with Crippen LogP contribution in [0.2, 0.25) is 0 Å². The first-order chi connectivity index (χ1) is 25.6. The molecule has 7 atom stereocenters. The zero-order valence-corrected chi connectivity index (χ0v) is 29.9. The van der Waals surface area contributed by atoms with Gasteiger partial charge in [0.15, 0.2) is 0 Å². The second-order valence-electron chi connectivity index (χ2n) is 12.1. The van der Waals surface area contributed by atoms with E-state index in [4.69, 9.17) is 10.2 Å². The van der Waals surface area contributed by atoms with Crippen LogP contribution in [0, 0.1) is 0 Å². The summed E-state index contributed by atoms with van der Waals surface area (Å²) in [4.78, 5) is 122. The fourth-order valence-corrected chi connectivity index (χ4v) is 4.57. The number of benzene rings is 1. The molecule has 7 amide bonds. The van der Waals surface area contributed by atoms with Crippen LogP contribution in [-0.4, -0.2) is 145 Å². The SMILES string of the molecule is CC(=O)N[C@@H](Cc1ccc(O)cc1)C(=O)N[C@@H](CCC(=O)O)C(=O)N[C@@H](CO)C(=O)NCC(=O)N[C@@H](C)C(=O)N[C@H](C(=O)N[C@@H](CC(=O)O)C(=O)O)[C@@H](C)O. The van der Waals surface area contributed by atoms with Gasteiger partial charge >= 0.3 is 17.9 Å². The van der Waals surface area contributed by atoms with Crippen molar-refractivity contribution in [2.45, 2.75) is 88.8 Å². The van der Waals surface area contributed by atoms with Gasteiger partial charge in [0.05, 0.1) is 25.7 Å². The largest absolute Gasteiger partial charge is 0.508 e. The zero-order chi connectivity index (χ0) is 42.0. The third kappa shape index (κ3) is 17.3. The molecule has 0 heterocycles. The van der Waals surface area contributed by atoms with Crippen molar-refractivity contribution >= 4 is 59.3 Å². The third-order valence-corrected chi connectivity index (χ3v) is 7.42. The van der Waals surface area contributed by atoms with Gasteiger partial charge in [0.25, 0.3) is 0 Å². The Morgan fingerprint density at radius 3 is 1.73 bits per heavy atom. The molecular formula is C32H45N7O16. The summed E-state index contributed by atoms with van der Waals surface area (Å²) in [5.74, 6) is -11.7. The highest BCUT2D eigenvalue weighted by atomic mass is 16.4. The molecule has 0 aromatic heterocycles. The lowest BCUT2D eigenvalue weighted by Crippen LogP contribution is -2.59. The second kappa shape index (κ2) is 22.7. The number of rotatable bonds is 23. The molecule has 0 radical (unpaired) electrons. The summed E-state index contributed by atoms with van der Waals surface area (Å²) in [6, 6.07) is -4.06. The van der Waals surface area contributed by atoms with E-state index in [9.17, 15) is 68.4 Å². The maximum atomic E-state index is 13.2. The topological polar surface area (TPSA) is 376 Å². The standard InChI is InChI=1S/C32H45N7O16/c1-14(27(49)39-26(15(2)41)31(53)37-21(32(54)55)11-25(47)48)34-23(44)12-33-28(50)22(13-40)38-29(51)19(8-9-24(45)46)36-30(52)20(35-16(3)42)10-17-4-6-18(43)7-5-17/h4-7,14-15,19-22,26,40-41,43H,8-13H2,1-3H3,(H,33,50)(H,34,44)(H,35,42)(H,36,52)(H,37,53)(H,38,51)(H,39,49)(H,45,46)(H,47,48)(H,54,55)/t14-,15+,19-,20-,21-,22-,26-/m0/s1. The molecule has 0 saturated heterocycles. The monoisotopic (exact) mass is 783 g/mol. The van der Waals surface area contributed by atoms with Crippen molar-refractivity contribution in [2.75, 3.05) is 13.2 Å². The molecule has 13 N–H and O–H groups in total. The Kier molecular flexibility index (Phi) is 19.2. The number of aliphatic hydroxyl groups is 2. The summed E-state index contributed by atoms with van der Waals surface area (Å²) in [6.45, 7) is 1.46. The minimum absolute atomic E-state index is 0.0577. The number of hydrogen-bond donors (Lipinski definition) is 13. The van der Waals surface area contributed by atoms with E-state index in [1.807, 2.05) is 5.32 Å². The molecule has 0 saturated carbocycles. The zero-order valence-electron chi connectivity index (χ0n) is 29.9. The molecule has 55 heavy (non-hydrogen) atoms. The Morgan fingerprint density at radius 2 is 1.22 bits per heavy atom. The van der Waals surface area contributed by atoms with E-state index in [1.54, 1.807) is 0 Å². The van der Waals surface area contributed by atoms with Crippen molar-refractivity contribution in [3.63, 3.8) is 0 Å². The Hall–Kier alpha value is -6.36. The maximum Gasteiger partial charge on any atom is 0.326 e. The highest BCUT2D eigenvalue weighted by Gasteiger charge is 2.33. The number of aliphatic hydroxyl groups excluding tert-OH is 2. The predicted molar refractivity (Wildman–Crippen MR) is 183 cm³/mol. The first-order valence-electron chi connectivity index (χ1n) is 16.4. The molecule has 304 valence electrons. The van der Waals surface area contributed by atoms with Crippen LogP contribution in [0.25, 0.3) is 0 Å². The van der Waals surface area contributed by atoms with Gasteiger partial charge in [-0.2, -0.15) is 0 Å². The Balaban J connectivity index is 2.89. The van der Waals surface area contributed by atoms with Crippen LogP contribution in [0.1, 0.15) is 45.6 Å². The number of aliphatic carboxylic acids is 3. The number of aromatic hydroxyl groups is 1. The Morgan fingerprint density at radius 1 is 0.655 bits per heavy atom. The quantitative estimate of drug-likeness (QED) is 0.0493. The first-order valence-corrected chi connectivity index (χ1v) is 16.4. The number of carbonyl (C=O) groups excluding carboxylic acids is 7. The molecule has 0 bridgehead atoms. The average Bonchev–Trinajstić information content (AvgIpc) is 3.09. The summed E-state index contributed by atoms with van der Waals surface area (Å²) in [5, 5.41) is 71.5. The normalized spacial score (nSPS) is 14.5. The highest BCUT2D eigenvalue weighted by molar-refractivity contribution is 5.97. The molecule has 0 aliphatic carbocycles. The fraction of sp³-hybridized carbons (Fsp3) is 0.500. The molecule has 1 rings (SSSR count). The van der Waals surface area contributed by atoms with Crippen LogP contribution in [0.3, 0.4) is 0 Å². The van der Waals surface area contributed by atoms with Crippen molar-refractivity contribution in [3.05, 3.63) is 29.8 Å². The molecule has 23 heteroatoms. The summed E-state index contributed by atoms with van der Waals surface area (Å²) >= 11 is 0. The lowest BCUT2D eigenvalue weighted by Gasteiger charge is -2.25. The van der Waals surface area contributed by atoms with Gasteiger partial charge in [-0.3, -0.25) is 43.2 Å². The van der Waals surface area contributed by atoms with Crippen LogP contribution in [0.5, 0.6) is 5.75 Å². The van der Waals surface area contributed by atoms with Crippen LogP contribution < -0.4 is 37.2 Å². The molecular weight excluding hydrogens is 738 g/mol. The Bertz CT molecular complexity index is 1590. The smallest absolute Gasteiger partial charge is 0.326 e. The Labute approximate surface area is 312 Å². The first kappa shape index (κ1) is 46.7. The lowest BCUT2D eigenvalue weighted by atomic mass is 10.0. The molecule has 1 aromatic carbocycles. The predicted octanol–water partition coefficient (Wildman–Crippen LogP) is -5.20. The third-order valence-electron chi connectivity index (χ3n) is 7.42. The van der Waals surface area contributed by atoms with Gasteiger partial charge in [0, 0.05) is 19.8 Å². The van der Waals surface area contributed by atoms with Crippen LogP contribution in [-0.2, 0) is 54.4 Å². The van der Waals surface area contributed by atoms with E-state index < -0.39 is 134 Å². The molecule has 1 aromatic rings. The molecule has 0 fully saturated rings. The second-order valence-corrected chi connectivity index (χ2v) is 12.1. The summed E-state index contributed by atoms with van der Waals surface area (Å²) in [5.41, 5.74) is 0.506. The summed E-state index contributed by atoms with van der Waals surface area (Å²) in [6.07, 6.45) is -3.83. The van der Waals surface area contributed by atoms with E-state index in [0.717, 1.165) is 20.8 Å². The van der Waals surface area contributed by atoms with Crippen LogP contribution in [0.15, 0.2) is 24.3 Å². The van der Waals surface area contributed by atoms with Crippen molar-refractivity contribution in [1.29, 1.82) is 0 Å². The van der Waals surface area contributed by atoms with Crippen LogP contribution >= 0.6 is 0 Å². The van der Waals surface area contributed by atoms with E-state index in [2.05, 4.69) is 31.9 Å². The van der Waals surface area contributed by atoms with Gasteiger partial charge in [-0.25, -0.2) is 4.79 Å². The number of amides is 7. The molecule has 0 aliphatic rings. The number of phenolic OH excluding ortho intramolecular Hbond substituents is 1. The van der Waals surface area contributed by atoms with Crippen molar-refractivity contribution < 1.29 is 78.6 Å². The average molecular weight is 784 g/mol. The number of carboxylic acids is 3. The van der Waals surface area contributed by atoms with Gasteiger partial charge in [0.2, 0.25) is 41.4 Å². The summed E-state index contributed by atoms with van der Waals surface area (Å²) in [7, 11) is 0. The molecule has 0 aliphatic heterocycles. The number of hydrogen-bond acceptors (Lipinski definition) is 13. The van der Waals surface area contributed by atoms with E-state index in [0.29, 0.717) is 5.56 Å². The van der Waals surface area contributed by atoms with Crippen LogP contribution in [0.4, 0.5) is 0 Å². The van der Waals surface area contributed by atoms with Gasteiger partial charge < -0.3 is 67.9 Å². The highest BCUT2D eigenvalue weighted by Crippen LogP contribution is 2.12. The minimum Gasteiger partial charge on any atom is -0.508 e. The number of phenols is 1. The van der Waals surface area contributed by atoms with Crippen molar-refractivity contribution in [1.82, 2.24) is 37.2 Å². The van der Waals surface area contributed by atoms with Crippen molar-refractivity contribution in [3.8, 4) is 5.75 Å². The van der Waals surface area contributed by atoms with E-state index in [-0.39, 0.29) is 12.2 Å². The molecule has 23 nitrogen and oxygen atoms in total. The minimum atomic E-state index is -1.89. The number of carboxylic acid groups (broad SMARTS) is 3. The van der Waals surface area contributed by atoms with Gasteiger partial charge in [-0.05, 0) is 38.0 Å². The van der Waals surface area contributed by atoms with Gasteiger partial charge in [-0.15, -0.1) is 0 Å². The van der Waals surface area contributed by atoms with Crippen molar-refractivity contribution in [2.24, 2.45) is 0 Å². The number of nitrogens with one attached hydrogen (secondary N) is 7. The van der Waals surface area contributed by atoms with E-state index >= 15 is 0 Å². The fourth-order valence-electron chi connectivity index (χ4n) is 4.57. The lowest BCUT2D eigenvalue weighted by molar-refractivity contribution is -0.147. The summed E-state index contributed by atoms with van der Waals surface area (Å²) < 4.78 is 0. The molecule has 0 unspecified atom stereocenters. The van der Waals surface area contributed by atoms with Gasteiger partial charge in [0.1, 0.15) is 42.0 Å². The van der Waals surface area contributed by atoms with E-state index in [1.165, 1.54) is 24.3 Å². The molecule has 0 spiro atoms. The maximum absolute atomic E-state index is 13.2.